The quantitative estimate of drug-likeness (QED) is 0.728. The number of nitrogens with zero attached hydrogens (tertiary/aromatic N) is 2. The maximum Gasteiger partial charge on any atom is 0.136 e. The highest BCUT2D eigenvalue weighted by atomic mass is 79.9. The zero-order valence-electron chi connectivity index (χ0n) is 10.5. The van der Waals surface area contributed by atoms with E-state index < -0.39 is 0 Å². The van der Waals surface area contributed by atoms with Gasteiger partial charge in [-0.3, -0.25) is 0 Å². The number of halogens is 1. The van der Waals surface area contributed by atoms with Gasteiger partial charge in [-0.25, -0.2) is 9.97 Å². The molecule has 1 aromatic heterocycles. The summed E-state index contributed by atoms with van der Waals surface area (Å²) in [7, 11) is 0. The van der Waals surface area contributed by atoms with Crippen LogP contribution in [0.2, 0.25) is 0 Å². The van der Waals surface area contributed by atoms with Gasteiger partial charge in [-0.2, -0.15) is 12.6 Å². The first-order chi connectivity index (χ1) is 9.17. The molecule has 0 fully saturated rings. The molecule has 0 unspecified atom stereocenters. The highest BCUT2D eigenvalue weighted by Crippen LogP contribution is 2.19. The standard InChI is InChI=1S/C13H15BrN4S/c1-9-16-12(15-6-7-19)8-13(17-9)18-11-4-2-10(14)3-5-11/h2-5,8,19H,6-7H2,1H3,(H2,15,16,17,18). The lowest BCUT2D eigenvalue weighted by molar-refractivity contribution is 1.04. The van der Waals surface area contributed by atoms with Gasteiger partial charge in [0, 0.05) is 28.5 Å². The normalized spacial score (nSPS) is 10.3. The molecule has 1 aromatic carbocycles. The summed E-state index contributed by atoms with van der Waals surface area (Å²) in [4.78, 5) is 8.69. The molecule has 4 nitrogen and oxygen atoms in total. The van der Waals surface area contributed by atoms with Crippen LogP contribution in [-0.2, 0) is 0 Å². The minimum atomic E-state index is 0.726. The number of thiol groups is 1. The number of aryl methyl sites for hydroxylation is 1. The SMILES string of the molecule is Cc1nc(NCCS)cc(Nc2ccc(Br)cc2)n1. The van der Waals surface area contributed by atoms with E-state index in [-0.39, 0.29) is 0 Å². The van der Waals surface area contributed by atoms with Crippen molar-refractivity contribution >= 4 is 45.9 Å². The van der Waals surface area contributed by atoms with Gasteiger partial charge in [-0.05, 0) is 31.2 Å². The zero-order valence-corrected chi connectivity index (χ0v) is 13.0. The lowest BCUT2D eigenvalue weighted by atomic mass is 10.3. The van der Waals surface area contributed by atoms with Crippen molar-refractivity contribution in [1.29, 1.82) is 0 Å². The van der Waals surface area contributed by atoms with Gasteiger partial charge in [-0.1, -0.05) is 15.9 Å². The van der Waals surface area contributed by atoms with E-state index in [1.54, 1.807) is 0 Å². The lowest BCUT2D eigenvalue weighted by Crippen LogP contribution is -2.07. The van der Waals surface area contributed by atoms with Crippen molar-refractivity contribution in [3.63, 3.8) is 0 Å². The molecule has 0 aliphatic rings. The Balaban J connectivity index is 2.15. The third-order valence-electron chi connectivity index (χ3n) is 2.37. The maximum absolute atomic E-state index is 4.37. The van der Waals surface area contributed by atoms with E-state index >= 15 is 0 Å². The number of hydrogen-bond donors (Lipinski definition) is 3. The molecule has 6 heteroatoms. The summed E-state index contributed by atoms with van der Waals surface area (Å²) in [5.74, 6) is 3.07. The second kappa shape index (κ2) is 6.77. The van der Waals surface area contributed by atoms with Gasteiger partial charge in [0.2, 0.25) is 0 Å². The Morgan fingerprint density at radius 1 is 1.16 bits per heavy atom. The maximum atomic E-state index is 4.37. The van der Waals surface area contributed by atoms with Gasteiger partial charge >= 0.3 is 0 Å². The summed E-state index contributed by atoms with van der Waals surface area (Å²) in [6, 6.07) is 9.83. The number of aromatic nitrogens is 2. The van der Waals surface area contributed by atoms with Crippen LogP contribution < -0.4 is 10.6 Å². The van der Waals surface area contributed by atoms with Gasteiger partial charge < -0.3 is 10.6 Å². The van der Waals surface area contributed by atoms with Crippen LogP contribution in [0.5, 0.6) is 0 Å². The molecule has 0 spiro atoms. The zero-order chi connectivity index (χ0) is 13.7. The highest BCUT2D eigenvalue weighted by molar-refractivity contribution is 9.10. The molecule has 0 bridgehead atoms. The molecule has 0 aliphatic carbocycles. The van der Waals surface area contributed by atoms with Gasteiger partial charge in [0.05, 0.1) is 0 Å². The van der Waals surface area contributed by atoms with Crippen LogP contribution in [0.15, 0.2) is 34.8 Å². The summed E-state index contributed by atoms with van der Waals surface area (Å²) in [6.07, 6.45) is 0. The van der Waals surface area contributed by atoms with Crippen molar-refractivity contribution < 1.29 is 0 Å². The highest BCUT2D eigenvalue weighted by Gasteiger charge is 2.02. The van der Waals surface area contributed by atoms with Crippen molar-refractivity contribution in [2.75, 3.05) is 22.9 Å². The number of anilines is 3. The second-order valence-electron chi connectivity index (χ2n) is 3.97. The second-order valence-corrected chi connectivity index (χ2v) is 5.33. The van der Waals surface area contributed by atoms with Crippen LogP contribution in [0.25, 0.3) is 0 Å². The first kappa shape index (κ1) is 14.1. The Morgan fingerprint density at radius 3 is 2.53 bits per heavy atom. The fourth-order valence-corrected chi connectivity index (χ4v) is 1.96. The molecule has 2 aromatic rings. The van der Waals surface area contributed by atoms with Crippen molar-refractivity contribution in [3.05, 3.63) is 40.6 Å². The van der Waals surface area contributed by atoms with E-state index in [1.165, 1.54) is 0 Å². The lowest BCUT2D eigenvalue weighted by Gasteiger charge is -2.09. The topological polar surface area (TPSA) is 49.8 Å². The van der Waals surface area contributed by atoms with E-state index in [4.69, 9.17) is 0 Å². The first-order valence-corrected chi connectivity index (χ1v) is 7.33. The molecule has 0 saturated carbocycles. The Morgan fingerprint density at radius 2 is 1.84 bits per heavy atom. The summed E-state index contributed by atoms with van der Waals surface area (Å²) in [5, 5.41) is 6.45. The summed E-state index contributed by atoms with van der Waals surface area (Å²) in [5.41, 5.74) is 0.987. The summed E-state index contributed by atoms with van der Waals surface area (Å²) < 4.78 is 1.05. The summed E-state index contributed by atoms with van der Waals surface area (Å²) in [6.45, 7) is 2.65. The molecule has 0 aliphatic heterocycles. The first-order valence-electron chi connectivity index (χ1n) is 5.90. The number of nitrogens with one attached hydrogen (secondary N) is 2. The number of rotatable bonds is 5. The molecule has 1 heterocycles. The molecular weight excluding hydrogens is 324 g/mol. The van der Waals surface area contributed by atoms with Crippen LogP contribution in [0.3, 0.4) is 0 Å². The largest absolute Gasteiger partial charge is 0.369 e. The number of hydrogen-bond acceptors (Lipinski definition) is 5. The van der Waals surface area contributed by atoms with Crippen molar-refractivity contribution in [1.82, 2.24) is 9.97 Å². The Kier molecular flexibility index (Phi) is 5.04. The van der Waals surface area contributed by atoms with E-state index in [0.29, 0.717) is 0 Å². The third kappa shape index (κ3) is 4.40. The predicted octanol–water partition coefficient (Wildman–Crippen LogP) is 3.63. The van der Waals surface area contributed by atoms with E-state index in [1.807, 2.05) is 37.3 Å². The van der Waals surface area contributed by atoms with Crippen LogP contribution >= 0.6 is 28.6 Å². The molecule has 0 amide bonds. The van der Waals surface area contributed by atoms with Crippen LogP contribution in [0.4, 0.5) is 17.3 Å². The van der Waals surface area contributed by atoms with E-state index in [2.05, 4.69) is 49.2 Å². The van der Waals surface area contributed by atoms with Crippen molar-refractivity contribution in [3.8, 4) is 0 Å². The smallest absolute Gasteiger partial charge is 0.136 e. The van der Waals surface area contributed by atoms with E-state index in [0.717, 1.165) is 39.9 Å². The monoisotopic (exact) mass is 338 g/mol. The molecule has 0 atom stereocenters. The van der Waals surface area contributed by atoms with Crippen LogP contribution in [0.1, 0.15) is 5.82 Å². The Labute approximate surface area is 126 Å². The number of benzene rings is 1. The Bertz CT molecular complexity index is 545. The third-order valence-corrected chi connectivity index (χ3v) is 3.12. The molecule has 0 saturated heterocycles. The molecule has 2 rings (SSSR count). The van der Waals surface area contributed by atoms with Gasteiger partial charge in [-0.15, -0.1) is 0 Å². The van der Waals surface area contributed by atoms with Crippen LogP contribution in [-0.4, -0.2) is 22.3 Å². The van der Waals surface area contributed by atoms with Crippen molar-refractivity contribution in [2.24, 2.45) is 0 Å². The predicted molar refractivity (Wildman–Crippen MR) is 86.5 cm³/mol. The summed E-state index contributed by atoms with van der Waals surface area (Å²) >= 11 is 7.58. The molecule has 2 N–H and O–H groups in total. The van der Waals surface area contributed by atoms with Crippen molar-refractivity contribution in [2.45, 2.75) is 6.92 Å². The van der Waals surface area contributed by atoms with Gasteiger partial charge in [0.25, 0.3) is 0 Å². The van der Waals surface area contributed by atoms with Crippen LogP contribution in [0, 0.1) is 6.92 Å². The molecule has 100 valence electrons. The molecule has 0 radical (unpaired) electrons. The minimum absolute atomic E-state index is 0.726. The Hall–Kier alpha value is -1.27. The van der Waals surface area contributed by atoms with E-state index in [9.17, 15) is 0 Å². The average Bonchev–Trinajstić information content (AvgIpc) is 2.38. The average molecular weight is 339 g/mol. The fourth-order valence-electron chi connectivity index (χ4n) is 1.59. The fraction of sp³-hybridized carbons (Fsp3) is 0.231. The van der Waals surface area contributed by atoms with Gasteiger partial charge in [0.1, 0.15) is 17.5 Å². The minimum Gasteiger partial charge on any atom is -0.369 e. The molecule has 19 heavy (non-hydrogen) atoms. The molecular formula is C13H15BrN4S. The van der Waals surface area contributed by atoms with Gasteiger partial charge in [0.15, 0.2) is 0 Å².